The standard InChI is InChI=1S/C43H30.C39H28.C34H22/c1-43(2)40-18-10-9-17-37(40)42-36-16-8-7-15-34(36)38(26-41(42)43)28-21-19-27(20-22-28)29-23-24-35-32-13-4-3-11-30(32)31-12-5-6-14-33(31)39(35)25-29;1-39(2)37-14-8-7-13-34(37)35-22-20-28(24-38(35)39)26-17-15-25(16-18-26)27-19-21-33-31-11-4-3-9-29(31)30-10-5-6-12-32(30)36(33)23-27;1-2-8-23(9-3-1)25-16-14-24-15-17-26(21-28(24)20-25)27-18-19-33-31-12-5-4-10-29(31)30-11-6-7-13-32(30)34(33)22-27/h3-26H,1-2H3;3-24H,1-2H3;1-22H. The van der Waals surface area contributed by atoms with Crippen LogP contribution in [0.1, 0.15) is 49.9 Å². The monoisotopic (exact) mass is 1470 g/mol. The number of fused-ring (bicyclic) bond motifs is 27. The van der Waals surface area contributed by atoms with Gasteiger partial charge in [0.05, 0.1) is 0 Å². The summed E-state index contributed by atoms with van der Waals surface area (Å²) in [4.78, 5) is 0. The molecule has 0 amide bonds. The average molecular weight is 1470 g/mol. The second kappa shape index (κ2) is 27.2. The Kier molecular flexibility index (Phi) is 16.1. The Morgan fingerprint density at radius 1 is 0.129 bits per heavy atom. The van der Waals surface area contributed by atoms with Crippen LogP contribution in [0, 0.1) is 0 Å². The highest BCUT2D eigenvalue weighted by Crippen LogP contribution is 2.54. The maximum atomic E-state index is 2.46. The molecule has 0 atom stereocenters. The zero-order valence-corrected chi connectivity index (χ0v) is 65.3. The molecule has 0 radical (unpaired) electrons. The third-order valence-corrected chi connectivity index (χ3v) is 25.8. The predicted molar refractivity (Wildman–Crippen MR) is 500 cm³/mol. The summed E-state index contributed by atoms with van der Waals surface area (Å²) in [6.45, 7) is 9.42. The fourth-order valence-corrected chi connectivity index (χ4v) is 19.9. The van der Waals surface area contributed by atoms with Crippen molar-refractivity contribution in [3.05, 3.63) is 435 Å². The second-order valence-electron chi connectivity index (χ2n) is 32.8. The van der Waals surface area contributed by atoms with Crippen molar-refractivity contribution >= 4 is 118 Å². The van der Waals surface area contributed by atoms with Crippen molar-refractivity contribution in [1.82, 2.24) is 0 Å². The van der Waals surface area contributed by atoms with E-state index in [1.165, 1.54) is 230 Å². The number of hydrogen-bond donors (Lipinski definition) is 0. The molecule has 0 saturated carbocycles. The summed E-state index contributed by atoms with van der Waals surface area (Å²) < 4.78 is 0. The molecule has 22 aromatic carbocycles. The predicted octanol–water partition coefficient (Wildman–Crippen LogP) is 32.4. The zero-order chi connectivity index (χ0) is 77.3. The normalized spacial score (nSPS) is 13.0. The summed E-state index contributed by atoms with van der Waals surface area (Å²) in [7, 11) is 0. The molecule has 0 saturated heterocycles. The molecule has 0 spiro atoms. The SMILES string of the molecule is CC1(C)c2ccccc2-c2c1cc(-c1ccc(-c3ccc4c5ccccc5c5ccccc5c4c3)cc1)c1ccccc21.CC1(C)c2ccccc2-c2ccc(-c3ccc(-c4ccc5c6ccccc6c6ccccc6c5c4)cc3)cc21.c1ccc(-c2ccc3ccc(-c4ccc5c6ccccc6c6ccccc6c5c4)cc3c2)cc1. The van der Waals surface area contributed by atoms with Crippen LogP contribution in [-0.2, 0) is 10.8 Å². The van der Waals surface area contributed by atoms with Crippen molar-refractivity contribution < 1.29 is 0 Å². The fraction of sp³-hybridized carbons (Fsp3) is 0.0517. The summed E-state index contributed by atoms with van der Waals surface area (Å²) in [6.07, 6.45) is 0. The molecule has 0 nitrogen and oxygen atoms in total. The molecule has 2 aliphatic rings. The zero-order valence-electron chi connectivity index (χ0n) is 65.3. The van der Waals surface area contributed by atoms with Gasteiger partial charge in [0.15, 0.2) is 0 Å². The van der Waals surface area contributed by atoms with Gasteiger partial charge in [-0.15, -0.1) is 0 Å². The molecule has 0 N–H and O–H groups in total. The molecular weight excluding hydrogens is 1390 g/mol. The van der Waals surface area contributed by atoms with E-state index >= 15 is 0 Å². The van der Waals surface area contributed by atoms with E-state index < -0.39 is 0 Å². The van der Waals surface area contributed by atoms with Gasteiger partial charge in [0.1, 0.15) is 0 Å². The van der Waals surface area contributed by atoms with Crippen LogP contribution in [0.4, 0.5) is 0 Å². The second-order valence-corrected chi connectivity index (χ2v) is 32.8. The van der Waals surface area contributed by atoms with Gasteiger partial charge in [-0.1, -0.05) is 398 Å². The smallest absolute Gasteiger partial charge is 0.0159 e. The van der Waals surface area contributed by atoms with E-state index in [1.807, 2.05) is 0 Å². The first-order chi connectivity index (χ1) is 57.0. The van der Waals surface area contributed by atoms with E-state index in [1.54, 1.807) is 0 Å². The van der Waals surface area contributed by atoms with Gasteiger partial charge in [-0.05, 0) is 272 Å². The lowest BCUT2D eigenvalue weighted by molar-refractivity contribution is 0.660. The Balaban J connectivity index is 0.000000106. The van der Waals surface area contributed by atoms with Crippen LogP contribution >= 0.6 is 0 Å². The molecule has 544 valence electrons. The number of hydrogen-bond acceptors (Lipinski definition) is 0. The van der Waals surface area contributed by atoms with Crippen LogP contribution in [0.2, 0.25) is 0 Å². The lowest BCUT2D eigenvalue weighted by Crippen LogP contribution is -2.15. The van der Waals surface area contributed by atoms with E-state index in [9.17, 15) is 0 Å². The van der Waals surface area contributed by atoms with Gasteiger partial charge in [0, 0.05) is 10.8 Å². The quantitative estimate of drug-likeness (QED) is 0.146. The minimum Gasteiger partial charge on any atom is -0.0622 e. The Morgan fingerprint density at radius 3 is 0.836 bits per heavy atom. The summed E-state index contributed by atoms with van der Waals surface area (Å²) >= 11 is 0. The van der Waals surface area contributed by atoms with Crippen LogP contribution in [-0.4, -0.2) is 0 Å². The van der Waals surface area contributed by atoms with Gasteiger partial charge in [-0.25, -0.2) is 0 Å². The van der Waals surface area contributed by atoms with Crippen molar-refractivity contribution in [2.75, 3.05) is 0 Å². The first-order valence-electron chi connectivity index (χ1n) is 40.8. The van der Waals surface area contributed by atoms with Gasteiger partial charge in [-0.2, -0.15) is 0 Å². The van der Waals surface area contributed by atoms with Crippen molar-refractivity contribution in [3.63, 3.8) is 0 Å². The fourth-order valence-electron chi connectivity index (χ4n) is 19.9. The van der Waals surface area contributed by atoms with Crippen molar-refractivity contribution in [1.29, 1.82) is 0 Å². The van der Waals surface area contributed by atoms with Crippen LogP contribution in [0.5, 0.6) is 0 Å². The average Bonchev–Trinajstić information content (AvgIpc) is 1.49. The van der Waals surface area contributed by atoms with Crippen LogP contribution in [0.15, 0.2) is 413 Å². The summed E-state index contributed by atoms with van der Waals surface area (Å²) in [5, 5.41) is 28.8. The molecule has 116 heavy (non-hydrogen) atoms. The third kappa shape index (κ3) is 11.2. The molecule has 0 unspecified atom stereocenters. The molecule has 0 heterocycles. The maximum Gasteiger partial charge on any atom is 0.0159 e. The van der Waals surface area contributed by atoms with Crippen LogP contribution < -0.4 is 0 Å². The van der Waals surface area contributed by atoms with Gasteiger partial charge in [-0.3, -0.25) is 0 Å². The molecule has 0 heteroatoms. The highest BCUT2D eigenvalue weighted by Gasteiger charge is 2.38. The van der Waals surface area contributed by atoms with Gasteiger partial charge in [0.2, 0.25) is 0 Å². The first-order valence-corrected chi connectivity index (χ1v) is 40.8. The minimum atomic E-state index is -0.0390. The van der Waals surface area contributed by atoms with Gasteiger partial charge >= 0.3 is 0 Å². The number of benzene rings is 22. The molecule has 24 rings (SSSR count). The van der Waals surface area contributed by atoms with Crippen molar-refractivity contribution in [2.24, 2.45) is 0 Å². The minimum absolute atomic E-state index is 0.0138. The maximum absolute atomic E-state index is 2.46. The molecule has 0 aliphatic heterocycles. The topological polar surface area (TPSA) is 0 Å². The van der Waals surface area contributed by atoms with Crippen molar-refractivity contribution in [2.45, 2.75) is 38.5 Å². The molecular formula is C116H80. The van der Waals surface area contributed by atoms with Gasteiger partial charge < -0.3 is 0 Å². The molecule has 0 bridgehead atoms. The first kappa shape index (κ1) is 68.5. The Morgan fingerprint density at radius 2 is 0.397 bits per heavy atom. The summed E-state index contributed by atoms with van der Waals surface area (Å²) in [6, 6.07) is 152. The molecule has 0 aromatic heterocycles. The molecule has 0 fully saturated rings. The Bertz CT molecular complexity index is 7680. The molecule has 2 aliphatic carbocycles. The summed E-state index contributed by atoms with van der Waals surface area (Å²) in [5.41, 5.74) is 26.2. The summed E-state index contributed by atoms with van der Waals surface area (Å²) in [5.74, 6) is 0. The number of rotatable bonds is 6. The van der Waals surface area contributed by atoms with Crippen LogP contribution in [0.3, 0.4) is 0 Å². The highest BCUT2D eigenvalue weighted by atomic mass is 14.4. The largest absolute Gasteiger partial charge is 0.0622 e. The van der Waals surface area contributed by atoms with E-state index in [-0.39, 0.29) is 10.8 Å². The lowest BCUT2D eigenvalue weighted by atomic mass is 9.80. The van der Waals surface area contributed by atoms with E-state index in [4.69, 9.17) is 0 Å². The highest BCUT2D eigenvalue weighted by molar-refractivity contribution is 6.28. The van der Waals surface area contributed by atoms with E-state index in [0.717, 1.165) is 0 Å². The molecule has 22 aromatic rings. The Hall–Kier alpha value is -14.3. The van der Waals surface area contributed by atoms with Gasteiger partial charge in [0.25, 0.3) is 0 Å². The van der Waals surface area contributed by atoms with E-state index in [2.05, 4.69) is 440 Å². The van der Waals surface area contributed by atoms with Crippen LogP contribution in [0.25, 0.3) is 208 Å². The third-order valence-electron chi connectivity index (χ3n) is 25.8. The lowest BCUT2D eigenvalue weighted by Gasteiger charge is -2.23. The van der Waals surface area contributed by atoms with E-state index in [0.29, 0.717) is 0 Å². The Labute approximate surface area is 676 Å². The van der Waals surface area contributed by atoms with Crippen molar-refractivity contribution in [3.8, 4) is 89.0 Å².